The number of hydrogen-bond acceptors (Lipinski definition) is 4. The lowest BCUT2D eigenvalue weighted by atomic mass is 9.83. The monoisotopic (exact) mass is 242 g/mol. The first-order valence-corrected chi connectivity index (χ1v) is 5.45. The van der Waals surface area contributed by atoms with E-state index >= 15 is 0 Å². The van der Waals surface area contributed by atoms with Gasteiger partial charge in [0.1, 0.15) is 6.17 Å². The molecule has 0 unspecified atom stereocenters. The molecule has 8 heteroatoms. The van der Waals surface area contributed by atoms with Crippen molar-refractivity contribution in [3.8, 4) is 0 Å². The maximum atomic E-state index is 12.6. The molecule has 1 heterocycles. The lowest BCUT2D eigenvalue weighted by Gasteiger charge is -2.32. The van der Waals surface area contributed by atoms with Gasteiger partial charge in [-0.3, -0.25) is 5.32 Å². The van der Waals surface area contributed by atoms with Crippen LogP contribution in [-0.2, 0) is 7.05 Å². The molecule has 0 spiro atoms. The third kappa shape index (κ3) is 2.89. The van der Waals surface area contributed by atoms with E-state index in [1.54, 1.807) is 14.1 Å². The Labute approximate surface area is 98.0 Å². The van der Waals surface area contributed by atoms with E-state index in [0.29, 0.717) is 19.4 Å². The van der Waals surface area contributed by atoms with Crippen LogP contribution in [0.2, 0.25) is 0 Å². The zero-order valence-corrected chi connectivity index (χ0v) is 9.80. The van der Waals surface area contributed by atoms with Crippen molar-refractivity contribution in [1.82, 2.24) is 25.1 Å². The zero-order chi connectivity index (χ0) is 12.4. The number of anilines is 1. The van der Waals surface area contributed by atoms with Crippen LogP contribution in [0.25, 0.3) is 0 Å². The third-order valence-electron chi connectivity index (χ3n) is 2.78. The number of aromatic nitrogens is 4. The summed E-state index contributed by atoms with van der Waals surface area (Å²) in [5, 5.41) is 13.6. The fraction of sp³-hybridized carbons (Fsp3) is 0.778. The summed E-state index contributed by atoms with van der Waals surface area (Å²) in [5.41, 5.74) is 0. The number of urea groups is 1. The van der Waals surface area contributed by atoms with E-state index in [2.05, 4.69) is 20.7 Å². The SMILES string of the molecule is CN(CC1CC(F)C1)C(=O)Nc1nnn(C)n1. The van der Waals surface area contributed by atoms with Gasteiger partial charge in [0.15, 0.2) is 0 Å². The average Bonchev–Trinajstić information content (AvgIpc) is 2.61. The maximum absolute atomic E-state index is 12.6. The Morgan fingerprint density at radius 3 is 2.88 bits per heavy atom. The molecule has 0 radical (unpaired) electrons. The molecule has 1 aromatic heterocycles. The number of amides is 2. The second-order valence-corrected chi connectivity index (χ2v) is 4.35. The predicted octanol–water partition coefficient (Wildman–Crippen LogP) is 0.422. The van der Waals surface area contributed by atoms with Gasteiger partial charge >= 0.3 is 6.03 Å². The van der Waals surface area contributed by atoms with Crippen LogP contribution in [-0.4, -0.2) is 50.9 Å². The molecular formula is C9H15FN6O. The highest BCUT2D eigenvalue weighted by Crippen LogP contribution is 2.30. The predicted molar refractivity (Wildman–Crippen MR) is 58.1 cm³/mol. The summed E-state index contributed by atoms with van der Waals surface area (Å²) in [6, 6.07) is -0.305. The molecule has 0 atom stereocenters. The fourth-order valence-electron chi connectivity index (χ4n) is 1.80. The minimum absolute atomic E-state index is 0.168. The molecule has 0 aliphatic heterocycles. The Morgan fingerprint density at radius 1 is 1.65 bits per heavy atom. The van der Waals surface area contributed by atoms with Gasteiger partial charge in [0, 0.05) is 13.6 Å². The number of rotatable bonds is 3. The van der Waals surface area contributed by atoms with Crippen molar-refractivity contribution in [3.05, 3.63) is 0 Å². The van der Waals surface area contributed by atoms with Crippen molar-refractivity contribution in [2.24, 2.45) is 13.0 Å². The van der Waals surface area contributed by atoms with Crippen molar-refractivity contribution in [2.45, 2.75) is 19.0 Å². The van der Waals surface area contributed by atoms with E-state index in [4.69, 9.17) is 0 Å². The molecule has 1 aliphatic carbocycles. The summed E-state index contributed by atoms with van der Waals surface area (Å²) in [6.07, 6.45) is 0.389. The highest BCUT2D eigenvalue weighted by molar-refractivity contribution is 5.87. The fourth-order valence-corrected chi connectivity index (χ4v) is 1.80. The Hall–Kier alpha value is -1.73. The second kappa shape index (κ2) is 4.64. The molecule has 0 aromatic carbocycles. The van der Waals surface area contributed by atoms with Crippen molar-refractivity contribution in [2.75, 3.05) is 18.9 Å². The summed E-state index contributed by atoms with van der Waals surface area (Å²) in [4.78, 5) is 14.4. The second-order valence-electron chi connectivity index (χ2n) is 4.35. The molecule has 2 rings (SSSR count). The Balaban J connectivity index is 1.79. The Kier molecular flexibility index (Phi) is 3.21. The average molecular weight is 242 g/mol. The number of nitrogens with one attached hydrogen (secondary N) is 1. The molecule has 7 nitrogen and oxygen atoms in total. The summed E-state index contributed by atoms with van der Waals surface area (Å²) < 4.78 is 12.6. The van der Waals surface area contributed by atoms with E-state index in [1.165, 1.54) is 9.70 Å². The number of aryl methyl sites for hydroxylation is 1. The molecular weight excluding hydrogens is 227 g/mol. The summed E-state index contributed by atoms with van der Waals surface area (Å²) in [7, 11) is 3.28. The molecule has 1 aromatic rings. The van der Waals surface area contributed by atoms with Crippen LogP contribution < -0.4 is 5.32 Å². The van der Waals surface area contributed by atoms with Gasteiger partial charge in [-0.1, -0.05) is 5.10 Å². The Bertz CT molecular complexity index is 402. The van der Waals surface area contributed by atoms with Crippen LogP contribution >= 0.6 is 0 Å². The van der Waals surface area contributed by atoms with Gasteiger partial charge < -0.3 is 4.90 Å². The van der Waals surface area contributed by atoms with Crippen LogP contribution in [0.1, 0.15) is 12.8 Å². The first kappa shape index (κ1) is 11.7. The number of hydrogen-bond donors (Lipinski definition) is 1. The van der Waals surface area contributed by atoms with Crippen LogP contribution in [0.15, 0.2) is 0 Å². The molecule has 1 saturated carbocycles. The van der Waals surface area contributed by atoms with Gasteiger partial charge in [-0.2, -0.15) is 4.80 Å². The van der Waals surface area contributed by atoms with Crippen LogP contribution in [0.3, 0.4) is 0 Å². The minimum Gasteiger partial charge on any atom is -0.327 e. The highest BCUT2D eigenvalue weighted by atomic mass is 19.1. The normalized spacial score (nSPS) is 23.0. The topological polar surface area (TPSA) is 75.9 Å². The number of carbonyl (C=O) groups is 1. The molecule has 0 saturated heterocycles. The molecule has 94 valence electrons. The van der Waals surface area contributed by atoms with Gasteiger partial charge in [0.05, 0.1) is 7.05 Å². The molecule has 0 bridgehead atoms. The first-order valence-electron chi connectivity index (χ1n) is 5.45. The zero-order valence-electron chi connectivity index (χ0n) is 9.80. The number of nitrogens with zero attached hydrogens (tertiary/aromatic N) is 5. The van der Waals surface area contributed by atoms with Crippen LogP contribution in [0.4, 0.5) is 15.1 Å². The van der Waals surface area contributed by atoms with Crippen molar-refractivity contribution < 1.29 is 9.18 Å². The summed E-state index contributed by atoms with van der Waals surface area (Å²) in [6.45, 7) is 0.548. The largest absolute Gasteiger partial charge is 0.327 e. The van der Waals surface area contributed by atoms with Crippen LogP contribution in [0, 0.1) is 5.92 Å². The molecule has 2 amide bonds. The quantitative estimate of drug-likeness (QED) is 0.833. The van der Waals surface area contributed by atoms with E-state index in [9.17, 15) is 9.18 Å². The number of carbonyl (C=O) groups excluding carboxylic acids is 1. The molecule has 1 fully saturated rings. The van der Waals surface area contributed by atoms with Gasteiger partial charge in [-0.15, -0.1) is 5.10 Å². The maximum Gasteiger partial charge on any atom is 0.324 e. The third-order valence-corrected chi connectivity index (χ3v) is 2.78. The summed E-state index contributed by atoms with van der Waals surface area (Å²) in [5.74, 6) is 0.428. The standard InChI is InChI=1S/C9H15FN6O/c1-15(5-6-3-7(10)4-6)9(17)11-8-12-14-16(2)13-8/h6-7H,3-5H2,1-2H3,(H,11,13,17). The molecule has 1 aliphatic rings. The van der Waals surface area contributed by atoms with Gasteiger partial charge in [-0.25, -0.2) is 9.18 Å². The van der Waals surface area contributed by atoms with E-state index in [-0.39, 0.29) is 17.9 Å². The number of alkyl halides is 1. The Morgan fingerprint density at radius 2 is 2.35 bits per heavy atom. The smallest absolute Gasteiger partial charge is 0.324 e. The number of tetrazole rings is 1. The van der Waals surface area contributed by atoms with Gasteiger partial charge in [0.2, 0.25) is 0 Å². The van der Waals surface area contributed by atoms with Crippen molar-refractivity contribution in [1.29, 1.82) is 0 Å². The van der Waals surface area contributed by atoms with E-state index < -0.39 is 6.17 Å². The minimum atomic E-state index is -0.696. The number of halogens is 1. The summed E-state index contributed by atoms with van der Waals surface area (Å²) >= 11 is 0. The van der Waals surface area contributed by atoms with E-state index in [1.807, 2.05) is 0 Å². The van der Waals surface area contributed by atoms with Crippen LogP contribution in [0.5, 0.6) is 0 Å². The van der Waals surface area contributed by atoms with Gasteiger partial charge in [-0.05, 0) is 24.0 Å². The first-order chi connectivity index (χ1) is 8.04. The van der Waals surface area contributed by atoms with Crippen molar-refractivity contribution >= 4 is 12.0 Å². The lowest BCUT2D eigenvalue weighted by Crippen LogP contribution is -2.40. The molecule has 17 heavy (non-hydrogen) atoms. The van der Waals surface area contributed by atoms with Gasteiger partial charge in [0.25, 0.3) is 5.95 Å². The highest BCUT2D eigenvalue weighted by Gasteiger charge is 2.30. The van der Waals surface area contributed by atoms with E-state index in [0.717, 1.165) is 0 Å². The molecule has 1 N–H and O–H groups in total. The van der Waals surface area contributed by atoms with Crippen molar-refractivity contribution in [3.63, 3.8) is 0 Å². The lowest BCUT2D eigenvalue weighted by molar-refractivity contribution is 0.108.